The van der Waals surface area contributed by atoms with E-state index in [1.54, 1.807) is 7.11 Å². The molecule has 3 amide bonds. The molecule has 7 nitrogen and oxygen atoms in total. The van der Waals surface area contributed by atoms with Gasteiger partial charge in [0.1, 0.15) is 23.6 Å². The first-order valence-electron chi connectivity index (χ1n) is 10.8. The summed E-state index contributed by atoms with van der Waals surface area (Å²) in [6, 6.07) is 12.9. The van der Waals surface area contributed by atoms with Crippen molar-refractivity contribution in [2.24, 2.45) is 11.8 Å². The lowest BCUT2D eigenvalue weighted by Gasteiger charge is -2.33. The monoisotopic (exact) mass is 418 g/mol. The van der Waals surface area contributed by atoms with E-state index in [2.05, 4.69) is 5.32 Å². The second kappa shape index (κ2) is 6.17. The lowest BCUT2D eigenvalue weighted by Crippen LogP contribution is -3.19. The van der Waals surface area contributed by atoms with Crippen molar-refractivity contribution in [1.29, 1.82) is 0 Å². The molecule has 3 fully saturated rings. The number of nitrogens with one attached hydrogen (secondary N) is 2. The van der Waals surface area contributed by atoms with Crippen LogP contribution in [0, 0.1) is 18.8 Å². The van der Waals surface area contributed by atoms with E-state index in [4.69, 9.17) is 4.74 Å². The predicted molar refractivity (Wildman–Crippen MR) is 113 cm³/mol. The molecule has 4 aliphatic heterocycles. The van der Waals surface area contributed by atoms with Crippen LogP contribution < -0.4 is 19.9 Å². The van der Waals surface area contributed by atoms with E-state index < -0.39 is 17.4 Å². The highest BCUT2D eigenvalue weighted by molar-refractivity contribution is 6.25. The van der Waals surface area contributed by atoms with E-state index in [0.717, 1.165) is 35.4 Å². The number of methoxy groups -OCH3 is 1. The maximum Gasteiger partial charge on any atom is 0.291 e. The number of benzene rings is 2. The summed E-state index contributed by atoms with van der Waals surface area (Å²) in [5.41, 5.74) is 2.02. The third-order valence-corrected chi connectivity index (χ3v) is 7.72. The van der Waals surface area contributed by atoms with Crippen LogP contribution in [0.3, 0.4) is 0 Å². The molecule has 0 aliphatic carbocycles. The Kier molecular flexibility index (Phi) is 3.69. The Morgan fingerprint density at radius 2 is 1.87 bits per heavy atom. The third kappa shape index (κ3) is 2.14. The van der Waals surface area contributed by atoms with Crippen molar-refractivity contribution in [1.82, 2.24) is 0 Å². The van der Waals surface area contributed by atoms with Gasteiger partial charge in [-0.1, -0.05) is 17.7 Å². The number of rotatable bonds is 2. The molecule has 5 atom stereocenters. The number of hydrogen-bond donors (Lipinski definition) is 2. The quantitative estimate of drug-likeness (QED) is 0.714. The molecule has 6 rings (SSSR count). The number of carbonyl (C=O) groups is 3. The molecule has 2 N–H and O–H groups in total. The molecule has 0 bridgehead atoms. The number of aryl methyl sites for hydroxylation is 1. The zero-order valence-electron chi connectivity index (χ0n) is 17.5. The van der Waals surface area contributed by atoms with Crippen molar-refractivity contribution >= 4 is 29.1 Å². The number of carbonyl (C=O) groups excluding carboxylic acids is 3. The zero-order valence-corrected chi connectivity index (χ0v) is 17.5. The summed E-state index contributed by atoms with van der Waals surface area (Å²) in [5, 5.41) is 3.01. The van der Waals surface area contributed by atoms with Gasteiger partial charge in [-0.05, 0) is 37.3 Å². The van der Waals surface area contributed by atoms with Crippen molar-refractivity contribution in [2.45, 2.75) is 31.3 Å². The molecular weight excluding hydrogens is 394 g/mol. The molecule has 158 valence electrons. The molecule has 3 saturated heterocycles. The molecule has 0 radical (unpaired) electrons. The van der Waals surface area contributed by atoms with Crippen LogP contribution in [0.25, 0.3) is 0 Å². The van der Waals surface area contributed by atoms with Crippen LogP contribution in [0.4, 0.5) is 11.4 Å². The van der Waals surface area contributed by atoms with Gasteiger partial charge >= 0.3 is 0 Å². The summed E-state index contributed by atoms with van der Waals surface area (Å²) in [6.45, 7) is 2.74. The summed E-state index contributed by atoms with van der Waals surface area (Å²) < 4.78 is 5.44. The van der Waals surface area contributed by atoms with Crippen LogP contribution in [-0.2, 0) is 19.9 Å². The van der Waals surface area contributed by atoms with Crippen LogP contribution >= 0.6 is 0 Å². The zero-order chi connectivity index (χ0) is 21.5. The maximum atomic E-state index is 13.9. The molecule has 4 heterocycles. The van der Waals surface area contributed by atoms with E-state index in [-0.39, 0.29) is 23.8 Å². The first-order chi connectivity index (χ1) is 15.0. The Hall–Kier alpha value is -3.19. The number of amides is 3. The molecule has 31 heavy (non-hydrogen) atoms. The largest absolute Gasteiger partial charge is 0.497 e. The summed E-state index contributed by atoms with van der Waals surface area (Å²) in [4.78, 5) is 43.5. The van der Waals surface area contributed by atoms with Crippen molar-refractivity contribution in [3.8, 4) is 5.75 Å². The highest BCUT2D eigenvalue weighted by Gasteiger charge is 2.78. The number of ether oxygens (including phenoxy) is 1. The Bertz CT molecular complexity index is 1140. The number of imide groups is 1. The van der Waals surface area contributed by atoms with Gasteiger partial charge in [0.2, 0.25) is 17.4 Å². The Morgan fingerprint density at radius 1 is 1.10 bits per heavy atom. The molecular formula is C24H24N3O4+. The van der Waals surface area contributed by atoms with Gasteiger partial charge in [-0.3, -0.25) is 14.4 Å². The Balaban J connectivity index is 1.55. The van der Waals surface area contributed by atoms with Crippen LogP contribution in [-0.4, -0.2) is 37.4 Å². The molecule has 2 aromatic carbocycles. The molecule has 0 aromatic heterocycles. The molecule has 1 unspecified atom stereocenters. The van der Waals surface area contributed by atoms with E-state index in [0.29, 0.717) is 17.1 Å². The fourth-order valence-corrected chi connectivity index (χ4v) is 6.51. The Morgan fingerprint density at radius 3 is 2.61 bits per heavy atom. The fraction of sp³-hybridized carbons (Fsp3) is 0.375. The van der Waals surface area contributed by atoms with Gasteiger partial charge in [0.25, 0.3) is 5.91 Å². The van der Waals surface area contributed by atoms with Crippen molar-refractivity contribution < 1.29 is 24.0 Å². The van der Waals surface area contributed by atoms with Crippen molar-refractivity contribution in [2.75, 3.05) is 23.9 Å². The SMILES string of the molecule is COc1ccc2c(c1)[C@]1(C(=O)N2)[C@H]2C(=O)N(c3ccc(C)cc3)C(=O)[C@@H]2[C@@H]2CCC[NH+]21. The van der Waals surface area contributed by atoms with Crippen LogP contribution in [0.2, 0.25) is 0 Å². The maximum absolute atomic E-state index is 13.9. The molecule has 2 aromatic rings. The molecule has 1 spiro atoms. The number of quaternary nitrogens is 1. The van der Waals surface area contributed by atoms with E-state index in [1.165, 1.54) is 4.90 Å². The minimum atomic E-state index is -1.10. The highest BCUT2D eigenvalue weighted by Crippen LogP contribution is 2.52. The normalized spacial score (nSPS) is 33.0. The predicted octanol–water partition coefficient (Wildman–Crippen LogP) is 1.02. The van der Waals surface area contributed by atoms with Gasteiger partial charge in [0, 0.05) is 12.8 Å². The van der Waals surface area contributed by atoms with Crippen LogP contribution in [0.5, 0.6) is 5.75 Å². The first-order valence-corrected chi connectivity index (χ1v) is 10.8. The average molecular weight is 418 g/mol. The number of fused-ring (bicyclic) bond motifs is 7. The molecule has 7 heteroatoms. The molecule has 4 aliphatic rings. The van der Waals surface area contributed by atoms with E-state index in [9.17, 15) is 14.4 Å². The van der Waals surface area contributed by atoms with Gasteiger partial charge in [-0.2, -0.15) is 0 Å². The molecule has 0 saturated carbocycles. The van der Waals surface area contributed by atoms with Crippen LogP contribution in [0.1, 0.15) is 24.0 Å². The van der Waals surface area contributed by atoms with Crippen LogP contribution in [0.15, 0.2) is 42.5 Å². The fourth-order valence-electron chi connectivity index (χ4n) is 6.51. The van der Waals surface area contributed by atoms with Gasteiger partial charge in [-0.15, -0.1) is 0 Å². The summed E-state index contributed by atoms with van der Waals surface area (Å²) >= 11 is 0. The number of nitrogens with zero attached hydrogens (tertiary/aromatic N) is 1. The van der Waals surface area contributed by atoms with Gasteiger partial charge in [0.15, 0.2) is 0 Å². The highest BCUT2D eigenvalue weighted by atomic mass is 16.5. The van der Waals surface area contributed by atoms with Crippen molar-refractivity contribution in [3.63, 3.8) is 0 Å². The second-order valence-corrected chi connectivity index (χ2v) is 9.05. The minimum Gasteiger partial charge on any atom is -0.497 e. The lowest BCUT2D eigenvalue weighted by atomic mass is 9.75. The third-order valence-electron chi connectivity index (χ3n) is 7.72. The standard InChI is InChI=1S/C24H23N3O4/c1-13-5-7-14(8-6-13)27-21(28)19-18-4-3-11-26(18)24(20(19)22(27)29)16-12-15(31-2)9-10-17(16)25-23(24)30/h5-10,12,18-20H,3-4,11H2,1-2H3,(H,25,30)/p+1/t18-,19+,20+,24+/m0/s1. The average Bonchev–Trinajstić information content (AvgIpc) is 3.47. The summed E-state index contributed by atoms with van der Waals surface area (Å²) in [7, 11) is 1.59. The smallest absolute Gasteiger partial charge is 0.291 e. The minimum absolute atomic E-state index is 0.0419. The number of anilines is 2. The second-order valence-electron chi connectivity index (χ2n) is 9.05. The van der Waals surface area contributed by atoms with E-state index in [1.807, 2.05) is 49.4 Å². The first kappa shape index (κ1) is 18.6. The van der Waals surface area contributed by atoms with Crippen molar-refractivity contribution in [3.05, 3.63) is 53.6 Å². The topological polar surface area (TPSA) is 80.2 Å². The van der Waals surface area contributed by atoms with Gasteiger partial charge in [0.05, 0.1) is 30.6 Å². The van der Waals surface area contributed by atoms with Gasteiger partial charge in [-0.25, -0.2) is 4.90 Å². The summed E-state index contributed by atoms with van der Waals surface area (Å²) in [6.07, 6.45) is 1.77. The lowest BCUT2D eigenvalue weighted by molar-refractivity contribution is -0.948. The van der Waals surface area contributed by atoms with E-state index >= 15 is 0 Å². The Labute approximate surface area is 180 Å². The number of hydrogen-bond acceptors (Lipinski definition) is 4. The van der Waals surface area contributed by atoms with Gasteiger partial charge < -0.3 is 15.0 Å². The summed E-state index contributed by atoms with van der Waals surface area (Å²) in [5.74, 6) is -1.20.